The van der Waals surface area contributed by atoms with Crippen LogP contribution in [0.25, 0.3) is 0 Å². The molecule has 0 radical (unpaired) electrons. The third-order valence-electron chi connectivity index (χ3n) is 2.91. The van der Waals surface area contributed by atoms with Crippen molar-refractivity contribution in [1.29, 1.82) is 0 Å². The smallest absolute Gasteiger partial charge is 0.348 e. The summed E-state index contributed by atoms with van der Waals surface area (Å²) in [6.45, 7) is 3.04. The zero-order valence-electron chi connectivity index (χ0n) is 11.4. The summed E-state index contributed by atoms with van der Waals surface area (Å²) in [6, 6.07) is 1.49. The van der Waals surface area contributed by atoms with Crippen molar-refractivity contribution < 1.29 is 23.0 Å². The number of carbonyl (C=O) groups excluding carboxylic acids is 1. The average Bonchev–Trinajstić information content (AvgIpc) is 2.95. The van der Waals surface area contributed by atoms with E-state index in [0.717, 1.165) is 11.3 Å². The van der Waals surface area contributed by atoms with Crippen LogP contribution in [0, 0.1) is 25.5 Å². The van der Waals surface area contributed by atoms with Gasteiger partial charge in [-0.2, -0.15) is 0 Å². The molecule has 3 nitrogen and oxygen atoms in total. The number of benzene rings is 1. The van der Waals surface area contributed by atoms with E-state index in [1.807, 2.05) is 0 Å². The standard InChI is InChI=1S/C14H11BrF2O3S/c1-6-10(15)12(17)11(16)7(2)13(6)20-8-4-9(21-5-8)14(18)19-3/h4-5H,1-3H3. The summed E-state index contributed by atoms with van der Waals surface area (Å²) in [4.78, 5) is 11.7. The van der Waals surface area contributed by atoms with E-state index in [9.17, 15) is 13.6 Å². The van der Waals surface area contributed by atoms with E-state index in [4.69, 9.17) is 4.74 Å². The van der Waals surface area contributed by atoms with Crippen LogP contribution in [0.1, 0.15) is 20.8 Å². The van der Waals surface area contributed by atoms with Gasteiger partial charge in [0, 0.05) is 22.6 Å². The fourth-order valence-corrected chi connectivity index (χ4v) is 2.83. The first-order valence-electron chi connectivity index (χ1n) is 5.85. The van der Waals surface area contributed by atoms with Crippen LogP contribution in [-0.4, -0.2) is 13.1 Å². The molecule has 0 bridgehead atoms. The fraction of sp³-hybridized carbons (Fsp3) is 0.214. The molecule has 0 fully saturated rings. The molecule has 0 aliphatic carbocycles. The van der Waals surface area contributed by atoms with Gasteiger partial charge < -0.3 is 9.47 Å². The summed E-state index contributed by atoms with van der Waals surface area (Å²) >= 11 is 4.15. The fourth-order valence-electron chi connectivity index (χ4n) is 1.76. The zero-order chi connectivity index (χ0) is 15.7. The Balaban J connectivity index is 2.40. The molecule has 7 heteroatoms. The Hall–Kier alpha value is -1.47. The Kier molecular flexibility index (Phi) is 4.63. The molecular formula is C14H11BrF2O3S. The van der Waals surface area contributed by atoms with Gasteiger partial charge in [0.1, 0.15) is 16.4 Å². The molecule has 2 aromatic rings. The summed E-state index contributed by atoms with van der Waals surface area (Å²) < 4.78 is 37.6. The van der Waals surface area contributed by atoms with Crippen LogP contribution in [0.15, 0.2) is 15.9 Å². The Morgan fingerprint density at radius 2 is 1.90 bits per heavy atom. The van der Waals surface area contributed by atoms with Gasteiger partial charge in [0.05, 0.1) is 11.6 Å². The predicted molar refractivity (Wildman–Crippen MR) is 79.3 cm³/mol. The molecule has 0 unspecified atom stereocenters. The molecule has 1 aromatic carbocycles. The van der Waals surface area contributed by atoms with Crippen molar-refractivity contribution in [3.05, 3.63) is 43.6 Å². The van der Waals surface area contributed by atoms with E-state index < -0.39 is 17.6 Å². The lowest BCUT2D eigenvalue weighted by molar-refractivity contribution is 0.0606. The van der Waals surface area contributed by atoms with Crippen LogP contribution in [0.4, 0.5) is 8.78 Å². The highest BCUT2D eigenvalue weighted by atomic mass is 79.9. The summed E-state index contributed by atoms with van der Waals surface area (Å²) in [7, 11) is 1.28. The number of esters is 1. The number of hydrogen-bond donors (Lipinski definition) is 0. The van der Waals surface area contributed by atoms with E-state index in [0.29, 0.717) is 16.2 Å². The van der Waals surface area contributed by atoms with Crippen LogP contribution in [0.2, 0.25) is 0 Å². The normalized spacial score (nSPS) is 10.6. The minimum absolute atomic E-state index is 0.0176. The topological polar surface area (TPSA) is 35.5 Å². The van der Waals surface area contributed by atoms with Gasteiger partial charge in [-0.15, -0.1) is 11.3 Å². The summed E-state index contributed by atoms with van der Waals surface area (Å²) in [5.74, 6) is -1.81. The van der Waals surface area contributed by atoms with Gasteiger partial charge in [-0.05, 0) is 29.8 Å². The maximum Gasteiger partial charge on any atom is 0.348 e. The molecule has 0 aliphatic heterocycles. The lowest BCUT2D eigenvalue weighted by atomic mass is 10.1. The van der Waals surface area contributed by atoms with E-state index in [-0.39, 0.29) is 15.8 Å². The van der Waals surface area contributed by atoms with Gasteiger partial charge in [0.25, 0.3) is 0 Å². The maximum absolute atomic E-state index is 13.8. The van der Waals surface area contributed by atoms with Crippen LogP contribution in [-0.2, 0) is 4.74 Å². The third kappa shape index (κ3) is 2.94. The summed E-state index contributed by atoms with van der Waals surface area (Å²) in [5, 5.41) is 1.60. The van der Waals surface area contributed by atoms with Crippen molar-refractivity contribution in [3.63, 3.8) is 0 Å². The quantitative estimate of drug-likeness (QED) is 0.559. The molecule has 0 N–H and O–H groups in total. The first kappa shape index (κ1) is 15.9. The van der Waals surface area contributed by atoms with Crippen molar-refractivity contribution >= 4 is 33.2 Å². The van der Waals surface area contributed by atoms with E-state index >= 15 is 0 Å². The molecule has 112 valence electrons. The number of rotatable bonds is 3. The predicted octanol–water partition coefficient (Wildman–Crippen LogP) is 4.98. The van der Waals surface area contributed by atoms with Gasteiger partial charge >= 0.3 is 5.97 Å². The van der Waals surface area contributed by atoms with E-state index in [1.165, 1.54) is 20.1 Å². The maximum atomic E-state index is 13.8. The molecule has 0 atom stereocenters. The number of hydrogen-bond acceptors (Lipinski definition) is 4. The van der Waals surface area contributed by atoms with E-state index in [1.54, 1.807) is 12.3 Å². The average molecular weight is 377 g/mol. The Morgan fingerprint density at radius 3 is 2.52 bits per heavy atom. The van der Waals surface area contributed by atoms with Crippen LogP contribution in [0.3, 0.4) is 0 Å². The molecule has 2 rings (SSSR count). The second-order valence-corrected chi connectivity index (χ2v) is 5.97. The molecular weight excluding hydrogens is 366 g/mol. The third-order valence-corrected chi connectivity index (χ3v) is 4.74. The molecule has 0 saturated carbocycles. The Bertz CT molecular complexity index is 683. The molecule has 0 aliphatic rings. The largest absolute Gasteiger partial charge is 0.465 e. The Morgan fingerprint density at radius 1 is 1.24 bits per heavy atom. The van der Waals surface area contributed by atoms with Gasteiger partial charge in [-0.1, -0.05) is 0 Å². The monoisotopic (exact) mass is 376 g/mol. The van der Waals surface area contributed by atoms with Gasteiger partial charge in [-0.3, -0.25) is 0 Å². The molecule has 0 saturated heterocycles. The molecule has 21 heavy (non-hydrogen) atoms. The van der Waals surface area contributed by atoms with Crippen molar-refractivity contribution in [2.24, 2.45) is 0 Å². The molecule has 1 aromatic heterocycles. The minimum atomic E-state index is -0.967. The number of halogens is 3. The molecule has 0 amide bonds. The second kappa shape index (κ2) is 6.11. The molecule has 1 heterocycles. The van der Waals surface area contributed by atoms with Gasteiger partial charge in [0.2, 0.25) is 0 Å². The number of ether oxygens (including phenoxy) is 2. The van der Waals surface area contributed by atoms with Gasteiger partial charge in [0.15, 0.2) is 11.6 Å². The summed E-state index contributed by atoms with van der Waals surface area (Å²) in [6.07, 6.45) is 0. The van der Waals surface area contributed by atoms with E-state index in [2.05, 4.69) is 20.7 Å². The number of thiophene rings is 1. The minimum Gasteiger partial charge on any atom is -0.465 e. The highest BCUT2D eigenvalue weighted by Gasteiger charge is 2.21. The van der Waals surface area contributed by atoms with Crippen LogP contribution >= 0.6 is 27.3 Å². The first-order chi connectivity index (χ1) is 9.86. The number of carbonyl (C=O) groups is 1. The molecule has 0 spiro atoms. The van der Waals surface area contributed by atoms with Crippen molar-refractivity contribution in [2.75, 3.05) is 7.11 Å². The summed E-state index contributed by atoms with van der Waals surface area (Å²) in [5.41, 5.74) is 0.510. The number of methoxy groups -OCH3 is 1. The highest BCUT2D eigenvalue weighted by Crippen LogP contribution is 2.38. The lowest BCUT2D eigenvalue weighted by Gasteiger charge is -2.13. The van der Waals surface area contributed by atoms with Crippen LogP contribution < -0.4 is 4.74 Å². The lowest BCUT2D eigenvalue weighted by Crippen LogP contribution is -2.00. The van der Waals surface area contributed by atoms with Gasteiger partial charge in [-0.25, -0.2) is 13.6 Å². The highest BCUT2D eigenvalue weighted by molar-refractivity contribution is 9.10. The van der Waals surface area contributed by atoms with Crippen molar-refractivity contribution in [1.82, 2.24) is 0 Å². The van der Waals surface area contributed by atoms with Crippen molar-refractivity contribution in [3.8, 4) is 11.5 Å². The van der Waals surface area contributed by atoms with Crippen LogP contribution in [0.5, 0.6) is 11.5 Å². The first-order valence-corrected chi connectivity index (χ1v) is 7.52. The van der Waals surface area contributed by atoms with Crippen molar-refractivity contribution in [2.45, 2.75) is 13.8 Å². The Labute approximate surface area is 132 Å². The zero-order valence-corrected chi connectivity index (χ0v) is 13.8. The SMILES string of the molecule is COC(=O)c1cc(Oc2c(C)c(F)c(F)c(Br)c2C)cs1. The second-order valence-electron chi connectivity index (χ2n) is 4.26.